The number of hydrogen-bond acceptors (Lipinski definition) is 5. The summed E-state index contributed by atoms with van der Waals surface area (Å²) in [4.78, 5) is 26.0. The minimum Gasteiger partial charge on any atom is -0.358 e. The van der Waals surface area contributed by atoms with Gasteiger partial charge in [-0.2, -0.15) is 5.26 Å². The third-order valence-corrected chi connectivity index (χ3v) is 2.86. The molecule has 110 valence electrons. The Morgan fingerprint density at radius 2 is 2.14 bits per heavy atom. The lowest BCUT2D eigenvalue weighted by Crippen LogP contribution is -2.13. The van der Waals surface area contributed by atoms with E-state index in [9.17, 15) is 14.9 Å². The Bertz CT molecular complexity index is 787. The molecule has 8 heteroatoms. The molecule has 2 rings (SSSR count). The lowest BCUT2D eigenvalue weighted by Gasteiger charge is -2.03. The van der Waals surface area contributed by atoms with Gasteiger partial charge in [0, 0.05) is 11.8 Å². The molecule has 0 radical (unpaired) electrons. The summed E-state index contributed by atoms with van der Waals surface area (Å²) in [5.41, 5.74) is 0.340. The summed E-state index contributed by atoms with van der Waals surface area (Å²) in [6.45, 7) is 0. The van der Waals surface area contributed by atoms with E-state index in [0.29, 0.717) is 5.69 Å². The molecule has 22 heavy (non-hydrogen) atoms. The van der Waals surface area contributed by atoms with Gasteiger partial charge in [0.2, 0.25) is 5.82 Å². The van der Waals surface area contributed by atoms with Gasteiger partial charge in [-0.05, 0) is 17.1 Å². The van der Waals surface area contributed by atoms with E-state index in [1.54, 1.807) is 36.4 Å². The van der Waals surface area contributed by atoms with Gasteiger partial charge >= 0.3 is 5.82 Å². The molecule has 8 nitrogen and oxygen atoms in total. The van der Waals surface area contributed by atoms with Crippen LogP contribution in [-0.2, 0) is 11.8 Å². The summed E-state index contributed by atoms with van der Waals surface area (Å²) in [5, 5.41) is 22.4. The minimum absolute atomic E-state index is 0.145. The van der Waals surface area contributed by atoms with E-state index in [0.717, 1.165) is 6.20 Å². The molecule has 0 aliphatic rings. The first-order valence-corrected chi connectivity index (χ1v) is 6.17. The van der Waals surface area contributed by atoms with Gasteiger partial charge in [0.1, 0.15) is 17.8 Å². The number of amides is 1. The number of nitro groups is 1. The fourth-order valence-electron chi connectivity index (χ4n) is 1.72. The summed E-state index contributed by atoms with van der Waals surface area (Å²) in [5.74, 6) is -0.696. The van der Waals surface area contributed by atoms with Crippen molar-refractivity contribution in [3.8, 4) is 6.07 Å². The third-order valence-electron chi connectivity index (χ3n) is 2.86. The Balaban J connectivity index is 2.26. The maximum absolute atomic E-state index is 12.0. The van der Waals surface area contributed by atoms with Crippen LogP contribution in [0.2, 0.25) is 0 Å². The predicted octanol–water partition coefficient (Wildman–Crippen LogP) is 1.87. The van der Waals surface area contributed by atoms with Crippen molar-refractivity contribution in [2.45, 2.75) is 0 Å². The zero-order valence-corrected chi connectivity index (χ0v) is 11.6. The van der Waals surface area contributed by atoms with Crippen LogP contribution in [0.1, 0.15) is 5.82 Å². The standard InChI is InChI=1S/C14H11N5O3/c1-18-12(16-9-13(18)19(21)22)7-10(8-15)14(20)17-11-5-3-2-4-6-11/h2-7,9H,1H3,(H,17,20)/b10-7-. The topological polar surface area (TPSA) is 114 Å². The Morgan fingerprint density at radius 1 is 1.45 bits per heavy atom. The number of nitriles is 1. The number of para-hydroxylation sites is 1. The third kappa shape index (κ3) is 3.16. The molecule has 0 atom stereocenters. The summed E-state index contributed by atoms with van der Waals surface area (Å²) in [6.07, 6.45) is 2.27. The molecule has 1 aromatic carbocycles. The van der Waals surface area contributed by atoms with E-state index in [2.05, 4.69) is 10.3 Å². The van der Waals surface area contributed by atoms with E-state index in [-0.39, 0.29) is 17.2 Å². The first-order chi connectivity index (χ1) is 10.5. The normalized spacial score (nSPS) is 10.8. The molecular formula is C14H11N5O3. The van der Waals surface area contributed by atoms with E-state index >= 15 is 0 Å². The van der Waals surface area contributed by atoms with Gasteiger partial charge in [-0.1, -0.05) is 18.2 Å². The number of imidazole rings is 1. The summed E-state index contributed by atoms with van der Waals surface area (Å²) < 4.78 is 1.19. The average molecular weight is 297 g/mol. The molecule has 0 fully saturated rings. The fourth-order valence-corrected chi connectivity index (χ4v) is 1.72. The number of aromatic nitrogens is 2. The second-order valence-electron chi connectivity index (χ2n) is 4.28. The van der Waals surface area contributed by atoms with Gasteiger partial charge in [0.15, 0.2) is 0 Å². The molecule has 1 N–H and O–H groups in total. The van der Waals surface area contributed by atoms with Gasteiger partial charge in [0.05, 0.1) is 7.05 Å². The largest absolute Gasteiger partial charge is 0.358 e. The van der Waals surface area contributed by atoms with Crippen molar-refractivity contribution in [3.05, 3.63) is 58.0 Å². The molecular weight excluding hydrogens is 286 g/mol. The molecule has 2 aromatic rings. The lowest BCUT2D eigenvalue weighted by atomic mass is 10.2. The Morgan fingerprint density at radius 3 is 2.68 bits per heavy atom. The van der Waals surface area contributed by atoms with Crippen molar-refractivity contribution in [2.75, 3.05) is 5.32 Å². The quantitative estimate of drug-likeness (QED) is 0.400. The van der Waals surface area contributed by atoms with Crippen molar-refractivity contribution in [1.29, 1.82) is 5.26 Å². The number of anilines is 1. The highest BCUT2D eigenvalue weighted by atomic mass is 16.6. The SMILES string of the molecule is Cn1c([N+](=O)[O-])cnc1/C=C(/C#N)C(=O)Nc1ccccc1. The fraction of sp³-hybridized carbons (Fsp3) is 0.0714. The van der Waals surface area contributed by atoms with Crippen molar-refractivity contribution in [2.24, 2.45) is 7.05 Å². The van der Waals surface area contributed by atoms with E-state index in [4.69, 9.17) is 5.26 Å². The Hall–Kier alpha value is -3.47. The second-order valence-corrected chi connectivity index (χ2v) is 4.28. The van der Waals surface area contributed by atoms with Crippen molar-refractivity contribution < 1.29 is 9.72 Å². The summed E-state index contributed by atoms with van der Waals surface area (Å²) >= 11 is 0. The molecule has 1 aromatic heterocycles. The Labute approximate surface area is 125 Å². The van der Waals surface area contributed by atoms with Crippen molar-refractivity contribution in [3.63, 3.8) is 0 Å². The number of nitrogens with one attached hydrogen (secondary N) is 1. The number of hydrogen-bond donors (Lipinski definition) is 1. The van der Waals surface area contributed by atoms with Gasteiger partial charge < -0.3 is 15.4 Å². The first kappa shape index (κ1) is 14.9. The smallest absolute Gasteiger partial charge is 0.342 e. The van der Waals surface area contributed by atoms with Crippen LogP contribution in [0.5, 0.6) is 0 Å². The predicted molar refractivity (Wildman–Crippen MR) is 78.5 cm³/mol. The highest BCUT2D eigenvalue weighted by Crippen LogP contribution is 2.15. The molecule has 0 aliphatic carbocycles. The second kappa shape index (κ2) is 6.32. The Kier molecular flexibility index (Phi) is 4.29. The molecule has 0 saturated heterocycles. The zero-order valence-electron chi connectivity index (χ0n) is 11.6. The van der Waals surface area contributed by atoms with Crippen LogP contribution >= 0.6 is 0 Å². The van der Waals surface area contributed by atoms with Gasteiger partial charge in [0.25, 0.3) is 5.91 Å². The van der Waals surface area contributed by atoms with Crippen molar-refractivity contribution >= 4 is 23.5 Å². The highest BCUT2D eigenvalue weighted by molar-refractivity contribution is 6.09. The summed E-state index contributed by atoms with van der Waals surface area (Å²) in [6, 6.07) is 10.4. The van der Waals surface area contributed by atoms with Crippen LogP contribution < -0.4 is 5.32 Å². The van der Waals surface area contributed by atoms with E-state index in [1.807, 2.05) is 0 Å². The lowest BCUT2D eigenvalue weighted by molar-refractivity contribution is -0.391. The monoisotopic (exact) mass is 297 g/mol. The van der Waals surface area contributed by atoms with Crippen LogP contribution in [0.15, 0.2) is 42.1 Å². The van der Waals surface area contributed by atoms with Crippen LogP contribution in [0.25, 0.3) is 6.08 Å². The van der Waals surface area contributed by atoms with Gasteiger partial charge in [-0.15, -0.1) is 0 Å². The first-order valence-electron chi connectivity index (χ1n) is 6.17. The number of nitrogens with zero attached hydrogens (tertiary/aromatic N) is 4. The van der Waals surface area contributed by atoms with Gasteiger partial charge in [-0.3, -0.25) is 4.79 Å². The molecule has 0 bridgehead atoms. The number of carbonyl (C=O) groups is 1. The van der Waals surface area contributed by atoms with Crippen LogP contribution in [0.3, 0.4) is 0 Å². The summed E-state index contributed by atoms with van der Waals surface area (Å²) in [7, 11) is 1.43. The number of benzene rings is 1. The van der Waals surface area contributed by atoms with Crippen LogP contribution in [-0.4, -0.2) is 20.4 Å². The van der Waals surface area contributed by atoms with E-state index < -0.39 is 10.8 Å². The number of rotatable bonds is 4. The van der Waals surface area contributed by atoms with Crippen LogP contribution in [0.4, 0.5) is 11.5 Å². The van der Waals surface area contributed by atoms with E-state index in [1.165, 1.54) is 17.7 Å². The highest BCUT2D eigenvalue weighted by Gasteiger charge is 2.17. The molecule has 1 heterocycles. The number of carbonyl (C=O) groups excluding carboxylic acids is 1. The minimum atomic E-state index is -0.612. The maximum Gasteiger partial charge on any atom is 0.342 e. The van der Waals surface area contributed by atoms with Crippen molar-refractivity contribution in [1.82, 2.24) is 9.55 Å². The molecule has 0 saturated carbocycles. The van der Waals surface area contributed by atoms with Gasteiger partial charge in [-0.25, -0.2) is 9.55 Å². The average Bonchev–Trinajstić information content (AvgIpc) is 2.86. The van der Waals surface area contributed by atoms with Crippen LogP contribution in [0, 0.1) is 21.4 Å². The molecule has 0 unspecified atom stereocenters. The molecule has 1 amide bonds. The zero-order chi connectivity index (χ0) is 16.1. The molecule has 0 aliphatic heterocycles. The maximum atomic E-state index is 12.0. The molecule has 0 spiro atoms.